The molecule has 1 aromatic heterocycles. The van der Waals surface area contributed by atoms with Crippen molar-refractivity contribution in [1.29, 1.82) is 0 Å². The molecule has 1 heterocycles. The van der Waals surface area contributed by atoms with E-state index in [4.69, 9.17) is 0 Å². The first kappa shape index (κ1) is 17.6. The lowest BCUT2D eigenvalue weighted by Gasteiger charge is -2.12. The Morgan fingerprint density at radius 3 is 2.00 bits per heavy atom. The molecule has 0 bridgehead atoms. The molecule has 3 rings (SSSR count). The molecule has 26 heavy (non-hydrogen) atoms. The van der Waals surface area contributed by atoms with Crippen LogP contribution in [0.5, 0.6) is 0 Å². The summed E-state index contributed by atoms with van der Waals surface area (Å²) in [5.41, 5.74) is 6.20. The van der Waals surface area contributed by atoms with Crippen LogP contribution in [0.3, 0.4) is 0 Å². The van der Waals surface area contributed by atoms with Gasteiger partial charge in [-0.2, -0.15) is 0 Å². The van der Waals surface area contributed by atoms with Gasteiger partial charge in [0.2, 0.25) is 5.95 Å². The van der Waals surface area contributed by atoms with Crippen LogP contribution in [0.15, 0.2) is 48.5 Å². The van der Waals surface area contributed by atoms with Crippen LogP contribution < -0.4 is 10.6 Å². The van der Waals surface area contributed by atoms with Gasteiger partial charge in [-0.1, -0.05) is 18.2 Å². The predicted molar refractivity (Wildman–Crippen MR) is 105 cm³/mol. The lowest BCUT2D eigenvalue weighted by atomic mass is 10.1. The second-order valence-corrected chi connectivity index (χ2v) is 6.40. The zero-order chi connectivity index (χ0) is 18.7. The van der Waals surface area contributed by atoms with Crippen LogP contribution in [0.2, 0.25) is 0 Å². The third-order valence-corrected chi connectivity index (χ3v) is 4.11. The number of aromatic nitrogens is 2. The van der Waals surface area contributed by atoms with E-state index in [0.29, 0.717) is 11.5 Å². The topological polar surface area (TPSA) is 66.9 Å². The van der Waals surface area contributed by atoms with Crippen molar-refractivity contribution in [2.45, 2.75) is 27.7 Å². The number of nitrogens with one attached hydrogen (secondary N) is 2. The van der Waals surface area contributed by atoms with E-state index in [2.05, 4.69) is 20.6 Å². The molecule has 2 N–H and O–H groups in total. The summed E-state index contributed by atoms with van der Waals surface area (Å²) >= 11 is 0. The number of hydrogen-bond acceptors (Lipinski definition) is 4. The number of rotatable bonds is 4. The van der Waals surface area contributed by atoms with E-state index in [1.54, 1.807) is 12.1 Å². The Hall–Kier alpha value is -3.21. The second-order valence-electron chi connectivity index (χ2n) is 6.40. The molecule has 0 atom stereocenters. The maximum absolute atomic E-state index is 12.5. The molecule has 0 aliphatic carbocycles. The van der Waals surface area contributed by atoms with Crippen molar-refractivity contribution >= 4 is 23.2 Å². The fraction of sp³-hybridized carbons (Fsp3) is 0.190. The standard InChI is InChI=1S/C21H22N4O/c1-13-6-5-7-14(2)19(13)25-20(26)17-8-10-18(11-9-17)24-21-22-15(3)12-16(4)23-21/h5-12H,1-4H3,(H,25,26)(H,22,23,24). The summed E-state index contributed by atoms with van der Waals surface area (Å²) in [5, 5.41) is 6.16. The van der Waals surface area contributed by atoms with Gasteiger partial charge in [0.05, 0.1) is 0 Å². The molecule has 2 aromatic carbocycles. The summed E-state index contributed by atoms with van der Waals surface area (Å²) in [7, 11) is 0. The van der Waals surface area contributed by atoms with Crippen molar-refractivity contribution in [3.8, 4) is 0 Å². The van der Waals surface area contributed by atoms with Crippen LogP contribution in [0.1, 0.15) is 32.9 Å². The molecule has 0 spiro atoms. The fourth-order valence-electron chi connectivity index (χ4n) is 2.81. The summed E-state index contributed by atoms with van der Waals surface area (Å²) in [6, 6.07) is 15.1. The molecule has 5 nitrogen and oxygen atoms in total. The van der Waals surface area contributed by atoms with E-state index in [1.807, 2.05) is 64.1 Å². The van der Waals surface area contributed by atoms with Gasteiger partial charge in [-0.15, -0.1) is 0 Å². The molecular weight excluding hydrogens is 324 g/mol. The van der Waals surface area contributed by atoms with Gasteiger partial charge in [-0.3, -0.25) is 4.79 Å². The number of amides is 1. The van der Waals surface area contributed by atoms with Crippen molar-refractivity contribution in [2.24, 2.45) is 0 Å². The lowest BCUT2D eigenvalue weighted by Crippen LogP contribution is -2.13. The van der Waals surface area contributed by atoms with Gasteiger partial charge >= 0.3 is 0 Å². The quantitative estimate of drug-likeness (QED) is 0.718. The average molecular weight is 346 g/mol. The smallest absolute Gasteiger partial charge is 0.255 e. The number of hydrogen-bond donors (Lipinski definition) is 2. The van der Waals surface area contributed by atoms with Crippen LogP contribution >= 0.6 is 0 Å². The fourth-order valence-corrected chi connectivity index (χ4v) is 2.81. The van der Waals surface area contributed by atoms with E-state index in [9.17, 15) is 4.79 Å². The first-order valence-electron chi connectivity index (χ1n) is 8.49. The second kappa shape index (κ2) is 7.35. The molecule has 0 aliphatic heterocycles. The van der Waals surface area contributed by atoms with Gasteiger partial charge in [0.25, 0.3) is 5.91 Å². The molecule has 0 aliphatic rings. The molecule has 5 heteroatoms. The lowest BCUT2D eigenvalue weighted by molar-refractivity contribution is 0.102. The van der Waals surface area contributed by atoms with Gasteiger partial charge in [-0.05, 0) is 69.2 Å². The zero-order valence-electron chi connectivity index (χ0n) is 15.4. The molecule has 132 valence electrons. The number of nitrogens with zero attached hydrogens (tertiary/aromatic N) is 2. The minimum Gasteiger partial charge on any atom is -0.324 e. The van der Waals surface area contributed by atoms with Gasteiger partial charge in [0, 0.05) is 28.3 Å². The summed E-state index contributed by atoms with van der Waals surface area (Å²) in [4.78, 5) is 21.2. The minimum atomic E-state index is -0.128. The van der Waals surface area contributed by atoms with Gasteiger partial charge in [0.15, 0.2) is 0 Å². The molecule has 1 amide bonds. The average Bonchev–Trinajstić information content (AvgIpc) is 2.58. The number of anilines is 3. The predicted octanol–water partition coefficient (Wildman–Crippen LogP) is 4.71. The number of carbonyl (C=O) groups excluding carboxylic acids is 1. The Morgan fingerprint density at radius 1 is 0.846 bits per heavy atom. The minimum absolute atomic E-state index is 0.128. The third kappa shape index (κ3) is 4.06. The third-order valence-electron chi connectivity index (χ3n) is 4.11. The van der Waals surface area contributed by atoms with Crippen molar-refractivity contribution < 1.29 is 4.79 Å². The highest BCUT2D eigenvalue weighted by Gasteiger charge is 2.10. The van der Waals surface area contributed by atoms with Crippen molar-refractivity contribution in [3.63, 3.8) is 0 Å². The van der Waals surface area contributed by atoms with Crippen LogP contribution in [0, 0.1) is 27.7 Å². The van der Waals surface area contributed by atoms with Gasteiger partial charge in [-0.25, -0.2) is 9.97 Å². The zero-order valence-corrected chi connectivity index (χ0v) is 15.4. The van der Waals surface area contributed by atoms with Crippen LogP contribution in [-0.2, 0) is 0 Å². The van der Waals surface area contributed by atoms with Crippen molar-refractivity contribution in [3.05, 3.63) is 76.6 Å². The van der Waals surface area contributed by atoms with Gasteiger partial charge in [0.1, 0.15) is 0 Å². The van der Waals surface area contributed by atoms with Crippen LogP contribution in [0.4, 0.5) is 17.3 Å². The molecule has 0 unspecified atom stereocenters. The van der Waals surface area contributed by atoms with Crippen molar-refractivity contribution in [2.75, 3.05) is 10.6 Å². The summed E-state index contributed by atoms with van der Waals surface area (Å²) < 4.78 is 0. The Morgan fingerprint density at radius 2 is 1.42 bits per heavy atom. The van der Waals surface area contributed by atoms with Crippen LogP contribution in [-0.4, -0.2) is 15.9 Å². The molecule has 0 fully saturated rings. The maximum atomic E-state index is 12.5. The Bertz CT molecular complexity index is 908. The van der Waals surface area contributed by atoms with Crippen LogP contribution in [0.25, 0.3) is 0 Å². The Balaban J connectivity index is 1.73. The van der Waals surface area contributed by atoms with Gasteiger partial charge < -0.3 is 10.6 Å². The highest BCUT2D eigenvalue weighted by atomic mass is 16.1. The normalized spacial score (nSPS) is 10.5. The van der Waals surface area contributed by atoms with Crippen molar-refractivity contribution in [1.82, 2.24) is 9.97 Å². The van der Waals surface area contributed by atoms with E-state index < -0.39 is 0 Å². The number of aryl methyl sites for hydroxylation is 4. The molecule has 0 radical (unpaired) electrons. The number of para-hydroxylation sites is 1. The SMILES string of the molecule is Cc1cc(C)nc(Nc2ccc(C(=O)Nc3c(C)cccc3C)cc2)n1. The number of benzene rings is 2. The first-order chi connectivity index (χ1) is 12.4. The molecule has 3 aromatic rings. The summed E-state index contributed by atoms with van der Waals surface area (Å²) in [6.07, 6.45) is 0. The van der Waals surface area contributed by atoms with E-state index in [0.717, 1.165) is 33.9 Å². The Kier molecular flexibility index (Phi) is 4.98. The summed E-state index contributed by atoms with van der Waals surface area (Å²) in [6.45, 7) is 7.83. The summed E-state index contributed by atoms with van der Waals surface area (Å²) in [5.74, 6) is 0.423. The van der Waals surface area contributed by atoms with E-state index in [1.165, 1.54) is 0 Å². The largest absolute Gasteiger partial charge is 0.324 e. The molecule has 0 saturated heterocycles. The molecular formula is C21H22N4O. The first-order valence-corrected chi connectivity index (χ1v) is 8.49. The van der Waals surface area contributed by atoms with E-state index in [-0.39, 0.29) is 5.91 Å². The molecule has 0 saturated carbocycles. The monoisotopic (exact) mass is 346 g/mol. The highest BCUT2D eigenvalue weighted by Crippen LogP contribution is 2.21. The Labute approximate surface area is 153 Å². The maximum Gasteiger partial charge on any atom is 0.255 e. The highest BCUT2D eigenvalue weighted by molar-refractivity contribution is 6.05. The number of carbonyl (C=O) groups is 1. The van der Waals surface area contributed by atoms with E-state index >= 15 is 0 Å².